The molecule has 1 aromatic heterocycles. The maximum Gasteiger partial charge on any atom is 0.229 e. The number of aryl methyl sites for hydroxylation is 1. The van der Waals surface area contributed by atoms with Crippen LogP contribution in [0.3, 0.4) is 0 Å². The van der Waals surface area contributed by atoms with Crippen molar-refractivity contribution in [3.63, 3.8) is 0 Å². The van der Waals surface area contributed by atoms with Gasteiger partial charge in [-0.2, -0.15) is 0 Å². The van der Waals surface area contributed by atoms with Crippen molar-refractivity contribution in [2.45, 2.75) is 66.3 Å². The van der Waals surface area contributed by atoms with Gasteiger partial charge in [-0.05, 0) is 43.9 Å². The van der Waals surface area contributed by atoms with Crippen LogP contribution in [0.25, 0.3) is 0 Å². The van der Waals surface area contributed by atoms with Gasteiger partial charge < -0.3 is 9.47 Å². The van der Waals surface area contributed by atoms with Crippen LogP contribution in [-0.2, 0) is 4.79 Å². The lowest BCUT2D eigenvalue weighted by molar-refractivity contribution is -0.148. The Balaban J connectivity index is 1.68. The van der Waals surface area contributed by atoms with Gasteiger partial charge in [0.1, 0.15) is 0 Å². The number of hydrogen-bond acceptors (Lipinski definition) is 2. The summed E-state index contributed by atoms with van der Waals surface area (Å²) < 4.78 is 2.27. The van der Waals surface area contributed by atoms with E-state index in [1.54, 1.807) is 0 Å². The number of rotatable bonds is 2. The number of nitrogens with zero attached hydrogens (tertiary/aromatic N) is 3. The Morgan fingerprint density at radius 2 is 1.87 bits per heavy atom. The lowest BCUT2D eigenvalue weighted by atomic mass is 9.65. The van der Waals surface area contributed by atoms with Crippen LogP contribution in [0.15, 0.2) is 12.5 Å². The number of imidazole rings is 1. The molecule has 0 spiro atoms. The van der Waals surface area contributed by atoms with Gasteiger partial charge in [0.05, 0.1) is 11.7 Å². The van der Waals surface area contributed by atoms with E-state index in [1.165, 1.54) is 12.1 Å². The van der Waals surface area contributed by atoms with E-state index in [0.29, 0.717) is 17.9 Å². The van der Waals surface area contributed by atoms with Crippen molar-refractivity contribution in [1.82, 2.24) is 14.5 Å². The van der Waals surface area contributed by atoms with E-state index >= 15 is 0 Å². The van der Waals surface area contributed by atoms with E-state index < -0.39 is 0 Å². The topological polar surface area (TPSA) is 38.1 Å². The zero-order valence-corrected chi connectivity index (χ0v) is 15.3. The summed E-state index contributed by atoms with van der Waals surface area (Å²) in [5.41, 5.74) is 1.10. The molecule has 2 fully saturated rings. The maximum absolute atomic E-state index is 13.3. The van der Waals surface area contributed by atoms with Gasteiger partial charge in [0.2, 0.25) is 5.91 Å². The highest BCUT2D eigenvalue weighted by Crippen LogP contribution is 2.56. The van der Waals surface area contributed by atoms with Gasteiger partial charge in [0.15, 0.2) is 0 Å². The highest BCUT2D eigenvalue weighted by atomic mass is 16.2. The van der Waals surface area contributed by atoms with Crippen LogP contribution in [-0.4, -0.2) is 33.4 Å². The Labute approximate surface area is 140 Å². The van der Waals surface area contributed by atoms with Crippen molar-refractivity contribution in [2.75, 3.05) is 13.1 Å². The molecule has 4 heteroatoms. The number of piperidine rings is 1. The number of likely N-dealkylation sites (tertiary alicyclic amines) is 1. The van der Waals surface area contributed by atoms with Crippen LogP contribution in [0.5, 0.6) is 0 Å². The lowest BCUT2D eigenvalue weighted by Gasteiger charge is -2.44. The zero-order valence-electron chi connectivity index (χ0n) is 15.3. The number of carbonyl (C=O) groups excluding carboxylic acids is 1. The molecule has 128 valence electrons. The van der Waals surface area contributed by atoms with Gasteiger partial charge >= 0.3 is 0 Å². The molecule has 1 amide bonds. The van der Waals surface area contributed by atoms with E-state index in [4.69, 9.17) is 0 Å². The van der Waals surface area contributed by atoms with Gasteiger partial charge in [0.25, 0.3) is 0 Å². The third kappa shape index (κ3) is 2.50. The highest BCUT2D eigenvalue weighted by Gasteiger charge is 2.55. The second kappa shape index (κ2) is 5.64. The van der Waals surface area contributed by atoms with Crippen LogP contribution >= 0.6 is 0 Å². The van der Waals surface area contributed by atoms with E-state index in [1.807, 2.05) is 12.5 Å². The fourth-order valence-corrected chi connectivity index (χ4v) is 4.56. The lowest BCUT2D eigenvalue weighted by Crippen LogP contribution is -2.51. The van der Waals surface area contributed by atoms with Gasteiger partial charge in [-0.25, -0.2) is 4.98 Å². The van der Waals surface area contributed by atoms with Crippen LogP contribution in [0.2, 0.25) is 0 Å². The second-order valence-electron chi connectivity index (χ2n) is 8.46. The van der Waals surface area contributed by atoms with Gasteiger partial charge in [-0.15, -0.1) is 0 Å². The van der Waals surface area contributed by atoms with Crippen molar-refractivity contribution >= 4 is 5.91 Å². The summed E-state index contributed by atoms with van der Waals surface area (Å²) in [6, 6.07) is 0.491. The maximum atomic E-state index is 13.3. The molecule has 0 unspecified atom stereocenters. The number of hydrogen-bond donors (Lipinski definition) is 0. The molecule has 0 radical (unpaired) electrons. The smallest absolute Gasteiger partial charge is 0.229 e. The Hall–Kier alpha value is -1.32. The highest BCUT2D eigenvalue weighted by molar-refractivity contribution is 5.83. The Kier molecular flexibility index (Phi) is 4.06. The average Bonchev–Trinajstić information content (AvgIpc) is 3.05. The molecule has 2 aliphatic rings. The normalized spacial score (nSPS) is 31.5. The fourth-order valence-electron chi connectivity index (χ4n) is 4.56. The third-order valence-electron chi connectivity index (χ3n) is 7.21. The molecule has 0 N–H and O–H groups in total. The first-order chi connectivity index (χ1) is 10.8. The molecule has 1 aromatic rings. The summed E-state index contributed by atoms with van der Waals surface area (Å²) >= 11 is 0. The molecule has 0 bridgehead atoms. The Morgan fingerprint density at radius 3 is 2.35 bits per heavy atom. The van der Waals surface area contributed by atoms with Crippen molar-refractivity contribution in [1.29, 1.82) is 0 Å². The predicted molar refractivity (Wildman–Crippen MR) is 92.1 cm³/mol. The molecule has 3 rings (SSSR count). The van der Waals surface area contributed by atoms with E-state index in [9.17, 15) is 4.79 Å². The molecule has 2 heterocycles. The predicted octanol–water partition coefficient (Wildman–Crippen LogP) is 3.82. The van der Waals surface area contributed by atoms with Crippen molar-refractivity contribution in [3.05, 3.63) is 18.2 Å². The molecular formula is C19H31N3O. The average molecular weight is 317 g/mol. The summed E-state index contributed by atoms with van der Waals surface area (Å²) in [5, 5.41) is 0. The van der Waals surface area contributed by atoms with Gasteiger partial charge in [0, 0.05) is 31.0 Å². The third-order valence-corrected chi connectivity index (χ3v) is 7.21. The van der Waals surface area contributed by atoms with Crippen LogP contribution in [0, 0.1) is 23.7 Å². The molecule has 1 aliphatic carbocycles. The first-order valence-corrected chi connectivity index (χ1v) is 9.05. The quantitative estimate of drug-likeness (QED) is 0.831. The molecule has 2 atom stereocenters. The first kappa shape index (κ1) is 16.5. The van der Waals surface area contributed by atoms with Crippen LogP contribution < -0.4 is 0 Å². The minimum Gasteiger partial charge on any atom is -0.342 e. The number of amides is 1. The molecule has 1 aliphatic heterocycles. The summed E-state index contributed by atoms with van der Waals surface area (Å²) in [6.07, 6.45) is 8.12. The molecule has 1 saturated carbocycles. The molecule has 23 heavy (non-hydrogen) atoms. The largest absolute Gasteiger partial charge is 0.342 e. The summed E-state index contributed by atoms with van der Waals surface area (Å²) in [7, 11) is 0. The van der Waals surface area contributed by atoms with E-state index in [2.05, 4.69) is 49.1 Å². The SMILES string of the molecule is Cc1cncn1C1CCN(C(=O)[C@]2(C)CC[C@H](C)C2(C)C)CC1. The Bertz CT molecular complexity index is 583. The summed E-state index contributed by atoms with van der Waals surface area (Å²) in [4.78, 5) is 19.6. The number of aromatic nitrogens is 2. The molecular weight excluding hydrogens is 286 g/mol. The zero-order chi connectivity index (χ0) is 16.8. The molecule has 1 saturated heterocycles. The standard InChI is InChI=1S/C19H31N3O/c1-14-6-9-19(5,18(14,3)4)17(23)21-10-7-16(8-11-21)22-13-20-12-15(22)2/h12-14,16H,6-11H2,1-5H3/t14-,19-/m0/s1. The minimum atomic E-state index is -0.204. The van der Waals surface area contributed by atoms with Crippen molar-refractivity contribution < 1.29 is 4.79 Å². The first-order valence-electron chi connectivity index (χ1n) is 9.05. The van der Waals surface area contributed by atoms with Crippen LogP contribution in [0.1, 0.15) is 65.1 Å². The minimum absolute atomic E-state index is 0.0852. The summed E-state index contributed by atoms with van der Waals surface area (Å²) in [5.74, 6) is 0.996. The molecule has 0 aromatic carbocycles. The van der Waals surface area contributed by atoms with Gasteiger partial charge in [-0.3, -0.25) is 4.79 Å². The number of carbonyl (C=O) groups is 1. The monoisotopic (exact) mass is 317 g/mol. The van der Waals surface area contributed by atoms with Crippen molar-refractivity contribution in [2.24, 2.45) is 16.7 Å². The van der Waals surface area contributed by atoms with E-state index in [-0.39, 0.29) is 10.8 Å². The summed E-state index contributed by atoms with van der Waals surface area (Å²) in [6.45, 7) is 12.9. The van der Waals surface area contributed by atoms with E-state index in [0.717, 1.165) is 32.4 Å². The van der Waals surface area contributed by atoms with Crippen LogP contribution in [0.4, 0.5) is 0 Å². The second-order valence-corrected chi connectivity index (χ2v) is 8.46. The molecule has 4 nitrogen and oxygen atoms in total. The Morgan fingerprint density at radius 1 is 1.22 bits per heavy atom. The van der Waals surface area contributed by atoms with Crippen molar-refractivity contribution in [3.8, 4) is 0 Å². The fraction of sp³-hybridized carbons (Fsp3) is 0.789. The van der Waals surface area contributed by atoms with Gasteiger partial charge in [-0.1, -0.05) is 27.7 Å².